The Morgan fingerprint density at radius 1 is 1.18 bits per heavy atom. The van der Waals surface area contributed by atoms with Crippen LogP contribution in [0.15, 0.2) is 24.3 Å². The predicted molar refractivity (Wildman–Crippen MR) is 83.0 cm³/mol. The van der Waals surface area contributed by atoms with Crippen molar-refractivity contribution in [2.24, 2.45) is 0 Å². The fourth-order valence-electron chi connectivity index (χ4n) is 2.10. The van der Waals surface area contributed by atoms with Crippen LogP contribution in [0.3, 0.4) is 0 Å². The van der Waals surface area contributed by atoms with Gasteiger partial charge in [0.15, 0.2) is 11.5 Å². The van der Waals surface area contributed by atoms with Gasteiger partial charge in [0, 0.05) is 37.2 Å². The maximum Gasteiger partial charge on any atom is 0.231 e. The highest BCUT2D eigenvalue weighted by Gasteiger charge is 2.13. The number of methoxy groups -OCH3 is 1. The Morgan fingerprint density at radius 3 is 2.91 bits per heavy atom. The maximum absolute atomic E-state index is 5.36. The third kappa shape index (κ3) is 3.37. The molecule has 1 aromatic heterocycles. The van der Waals surface area contributed by atoms with Crippen molar-refractivity contribution in [1.29, 1.82) is 0 Å². The van der Waals surface area contributed by atoms with E-state index in [0.29, 0.717) is 19.1 Å². The van der Waals surface area contributed by atoms with E-state index in [-0.39, 0.29) is 6.79 Å². The van der Waals surface area contributed by atoms with Crippen LogP contribution in [0.5, 0.6) is 11.5 Å². The van der Waals surface area contributed by atoms with Gasteiger partial charge in [-0.2, -0.15) is 4.98 Å². The molecule has 0 radical (unpaired) electrons. The molecule has 0 atom stereocenters. The molecule has 0 unspecified atom stereocenters. The molecule has 0 spiro atoms. The first-order valence-corrected chi connectivity index (χ1v) is 7.00. The summed E-state index contributed by atoms with van der Waals surface area (Å²) in [6, 6.07) is 7.52. The molecule has 116 valence electrons. The minimum atomic E-state index is 0.257. The first-order valence-electron chi connectivity index (χ1n) is 7.00. The van der Waals surface area contributed by atoms with Gasteiger partial charge in [-0.15, -0.1) is 0 Å². The van der Waals surface area contributed by atoms with Crippen LogP contribution in [0.2, 0.25) is 0 Å². The minimum absolute atomic E-state index is 0.257. The van der Waals surface area contributed by atoms with Gasteiger partial charge in [0.2, 0.25) is 12.7 Å². The molecule has 7 heteroatoms. The van der Waals surface area contributed by atoms with Gasteiger partial charge in [-0.3, -0.25) is 0 Å². The second-order valence-electron chi connectivity index (χ2n) is 4.83. The number of rotatable bonds is 6. The highest BCUT2D eigenvalue weighted by Crippen LogP contribution is 2.34. The van der Waals surface area contributed by atoms with Gasteiger partial charge in [0.25, 0.3) is 0 Å². The Morgan fingerprint density at radius 2 is 2.05 bits per heavy atom. The van der Waals surface area contributed by atoms with Gasteiger partial charge in [0.05, 0.1) is 6.61 Å². The average Bonchev–Trinajstić information content (AvgIpc) is 2.94. The van der Waals surface area contributed by atoms with E-state index in [1.807, 2.05) is 31.2 Å². The van der Waals surface area contributed by atoms with E-state index < -0.39 is 0 Å². The Labute approximate surface area is 128 Å². The first kappa shape index (κ1) is 14.4. The monoisotopic (exact) mass is 302 g/mol. The molecule has 1 aliphatic heterocycles. The quantitative estimate of drug-likeness (QED) is 0.793. The van der Waals surface area contributed by atoms with E-state index in [1.54, 1.807) is 7.11 Å². The van der Waals surface area contributed by atoms with Gasteiger partial charge in [-0.1, -0.05) is 0 Å². The Bertz CT molecular complexity index is 663. The number of hydrogen-bond acceptors (Lipinski definition) is 7. The largest absolute Gasteiger partial charge is 0.454 e. The van der Waals surface area contributed by atoms with E-state index in [1.165, 1.54) is 0 Å². The highest BCUT2D eigenvalue weighted by atomic mass is 16.7. The van der Waals surface area contributed by atoms with Gasteiger partial charge >= 0.3 is 0 Å². The molecular formula is C15H18N4O3. The molecule has 3 rings (SSSR count). The molecule has 0 amide bonds. The Balaban J connectivity index is 1.74. The van der Waals surface area contributed by atoms with Crippen LogP contribution in [0.25, 0.3) is 0 Å². The summed E-state index contributed by atoms with van der Waals surface area (Å²) in [6.45, 7) is 3.49. The molecule has 0 saturated heterocycles. The number of fused-ring (bicyclic) bond motifs is 1. The number of benzene rings is 1. The van der Waals surface area contributed by atoms with Crippen LogP contribution in [0.1, 0.15) is 5.69 Å². The summed E-state index contributed by atoms with van der Waals surface area (Å²) in [6.07, 6.45) is 0. The van der Waals surface area contributed by atoms with Crippen molar-refractivity contribution in [2.75, 3.05) is 37.7 Å². The van der Waals surface area contributed by atoms with E-state index >= 15 is 0 Å². The summed E-state index contributed by atoms with van der Waals surface area (Å²) in [5, 5.41) is 6.37. The van der Waals surface area contributed by atoms with Crippen LogP contribution in [0, 0.1) is 6.92 Å². The molecule has 0 fully saturated rings. The molecule has 0 saturated carbocycles. The van der Waals surface area contributed by atoms with Crippen LogP contribution < -0.4 is 20.1 Å². The zero-order chi connectivity index (χ0) is 15.4. The van der Waals surface area contributed by atoms with Gasteiger partial charge in [-0.05, 0) is 19.1 Å². The van der Waals surface area contributed by atoms with Crippen molar-refractivity contribution in [3.05, 3.63) is 30.0 Å². The molecule has 2 N–H and O–H groups in total. The van der Waals surface area contributed by atoms with Gasteiger partial charge < -0.3 is 24.8 Å². The molecule has 2 heterocycles. The number of aryl methyl sites for hydroxylation is 1. The lowest BCUT2D eigenvalue weighted by atomic mass is 10.3. The molecule has 1 aromatic carbocycles. The predicted octanol–water partition coefficient (Wildman–Crippen LogP) is 2.32. The van der Waals surface area contributed by atoms with Crippen LogP contribution in [-0.2, 0) is 4.74 Å². The summed E-state index contributed by atoms with van der Waals surface area (Å²) in [7, 11) is 1.67. The summed E-state index contributed by atoms with van der Waals surface area (Å²) in [5.74, 6) is 2.75. The van der Waals surface area contributed by atoms with Gasteiger partial charge in [-0.25, -0.2) is 4.98 Å². The molecule has 0 aliphatic carbocycles. The number of nitrogens with zero attached hydrogens (tertiary/aromatic N) is 2. The lowest BCUT2D eigenvalue weighted by Gasteiger charge is -2.10. The topological polar surface area (TPSA) is 77.5 Å². The average molecular weight is 302 g/mol. The summed E-state index contributed by atoms with van der Waals surface area (Å²) in [4.78, 5) is 8.82. The summed E-state index contributed by atoms with van der Waals surface area (Å²) in [5.41, 5.74) is 1.72. The first-order chi connectivity index (χ1) is 10.7. The number of hydrogen-bond donors (Lipinski definition) is 2. The van der Waals surface area contributed by atoms with Crippen LogP contribution >= 0.6 is 0 Å². The molecular weight excluding hydrogens is 284 g/mol. The van der Waals surface area contributed by atoms with Gasteiger partial charge in [0.1, 0.15) is 5.82 Å². The normalized spacial score (nSPS) is 12.3. The van der Waals surface area contributed by atoms with Crippen molar-refractivity contribution >= 4 is 17.5 Å². The molecule has 1 aliphatic rings. The van der Waals surface area contributed by atoms with E-state index in [2.05, 4.69) is 20.6 Å². The fraction of sp³-hybridized carbons (Fsp3) is 0.333. The van der Waals surface area contributed by atoms with E-state index in [4.69, 9.17) is 14.2 Å². The fourth-order valence-corrected chi connectivity index (χ4v) is 2.10. The van der Waals surface area contributed by atoms with Crippen molar-refractivity contribution < 1.29 is 14.2 Å². The zero-order valence-electron chi connectivity index (χ0n) is 12.5. The van der Waals surface area contributed by atoms with Crippen molar-refractivity contribution in [3.8, 4) is 11.5 Å². The van der Waals surface area contributed by atoms with E-state index in [0.717, 1.165) is 28.7 Å². The second-order valence-corrected chi connectivity index (χ2v) is 4.83. The third-order valence-corrected chi connectivity index (χ3v) is 3.10. The smallest absolute Gasteiger partial charge is 0.231 e. The third-order valence-electron chi connectivity index (χ3n) is 3.10. The minimum Gasteiger partial charge on any atom is -0.454 e. The molecule has 2 aromatic rings. The zero-order valence-corrected chi connectivity index (χ0v) is 12.5. The van der Waals surface area contributed by atoms with Crippen molar-refractivity contribution in [1.82, 2.24) is 9.97 Å². The number of aromatic nitrogens is 2. The SMILES string of the molecule is COCCNc1cc(C)nc(Nc2ccc3c(c2)OCO3)n1. The van der Waals surface area contributed by atoms with Crippen molar-refractivity contribution in [3.63, 3.8) is 0 Å². The number of nitrogens with one attached hydrogen (secondary N) is 2. The van der Waals surface area contributed by atoms with Crippen LogP contribution in [-0.4, -0.2) is 37.0 Å². The molecule has 7 nitrogen and oxygen atoms in total. The molecule has 0 bridgehead atoms. The standard InChI is InChI=1S/C15H18N4O3/c1-10-7-14(16-5-6-20-2)19-15(17-10)18-11-3-4-12-13(8-11)22-9-21-12/h3-4,7-8H,5-6,9H2,1-2H3,(H2,16,17,18,19). The number of ether oxygens (including phenoxy) is 3. The number of anilines is 3. The lowest BCUT2D eigenvalue weighted by Crippen LogP contribution is -2.10. The Hall–Kier alpha value is -2.54. The van der Waals surface area contributed by atoms with Crippen molar-refractivity contribution in [2.45, 2.75) is 6.92 Å². The summed E-state index contributed by atoms with van der Waals surface area (Å²) >= 11 is 0. The summed E-state index contributed by atoms with van der Waals surface area (Å²) < 4.78 is 15.7. The lowest BCUT2D eigenvalue weighted by molar-refractivity contribution is 0.174. The van der Waals surface area contributed by atoms with E-state index in [9.17, 15) is 0 Å². The second kappa shape index (κ2) is 6.48. The van der Waals surface area contributed by atoms with Crippen LogP contribution in [0.4, 0.5) is 17.5 Å². The molecule has 22 heavy (non-hydrogen) atoms. The Kier molecular flexibility index (Phi) is 4.24. The maximum atomic E-state index is 5.36. The highest BCUT2D eigenvalue weighted by molar-refractivity contribution is 5.61.